The molecule has 1 N–H and O–H groups in total. The molecule has 0 saturated carbocycles. The number of alkyl halides is 4. The predicted octanol–water partition coefficient (Wildman–Crippen LogP) is 1.47. The first kappa shape index (κ1) is 19.1. The smallest absolute Gasteiger partial charge is 0.319 e. The number of rotatable bonds is 5. The van der Waals surface area contributed by atoms with Crippen LogP contribution in [0.1, 0.15) is 29.4 Å². The van der Waals surface area contributed by atoms with Crippen molar-refractivity contribution in [2.24, 2.45) is 0 Å². The minimum Gasteiger partial charge on any atom is -0.335 e. The van der Waals surface area contributed by atoms with Crippen LogP contribution in [0, 0.1) is 0 Å². The zero-order chi connectivity index (χ0) is 18.7. The summed E-state index contributed by atoms with van der Waals surface area (Å²) in [5.74, 6) is -4.29. The molecule has 3 rings (SSSR count). The van der Waals surface area contributed by atoms with Gasteiger partial charge in [0.1, 0.15) is 5.69 Å². The second kappa shape index (κ2) is 7.91. The predicted molar refractivity (Wildman–Crippen MR) is 86.7 cm³/mol. The maximum Gasteiger partial charge on any atom is 0.319 e. The molecule has 0 spiro atoms. The zero-order valence-electron chi connectivity index (χ0n) is 14.4. The van der Waals surface area contributed by atoms with Gasteiger partial charge in [-0.2, -0.15) is 13.9 Å². The number of piperidine rings is 1. The lowest BCUT2D eigenvalue weighted by Crippen LogP contribution is -2.52. The molecular formula is C16H23F4N5O. The number of hydrogen-bond acceptors (Lipinski definition) is 4. The molecule has 1 atom stereocenters. The molecule has 1 unspecified atom stereocenters. The summed E-state index contributed by atoms with van der Waals surface area (Å²) >= 11 is 0. The summed E-state index contributed by atoms with van der Waals surface area (Å²) in [5.41, 5.74) is 0.321. The van der Waals surface area contributed by atoms with Crippen molar-refractivity contribution in [2.75, 3.05) is 45.8 Å². The van der Waals surface area contributed by atoms with Gasteiger partial charge >= 0.3 is 12.3 Å². The van der Waals surface area contributed by atoms with E-state index < -0.39 is 18.9 Å². The summed E-state index contributed by atoms with van der Waals surface area (Å²) in [4.78, 5) is 15.3. The average molecular weight is 377 g/mol. The fourth-order valence-electron chi connectivity index (χ4n) is 3.35. The van der Waals surface area contributed by atoms with E-state index in [1.54, 1.807) is 16.9 Å². The molecule has 0 aliphatic carbocycles. The highest BCUT2D eigenvalue weighted by Gasteiger charge is 2.42. The van der Waals surface area contributed by atoms with Gasteiger partial charge in [-0.15, -0.1) is 0 Å². The van der Waals surface area contributed by atoms with Crippen molar-refractivity contribution in [1.82, 2.24) is 24.9 Å². The van der Waals surface area contributed by atoms with E-state index in [4.69, 9.17) is 0 Å². The molecule has 3 heterocycles. The number of nitrogens with one attached hydrogen (secondary N) is 1. The van der Waals surface area contributed by atoms with Crippen LogP contribution in [0.5, 0.6) is 0 Å². The maximum atomic E-state index is 13.1. The quantitative estimate of drug-likeness (QED) is 0.790. The van der Waals surface area contributed by atoms with Crippen LogP contribution in [0.2, 0.25) is 0 Å². The van der Waals surface area contributed by atoms with Crippen LogP contribution in [0.25, 0.3) is 0 Å². The van der Waals surface area contributed by atoms with Gasteiger partial charge in [0.2, 0.25) is 0 Å². The molecule has 6 nitrogen and oxygen atoms in total. The van der Waals surface area contributed by atoms with Gasteiger partial charge in [0.25, 0.3) is 5.91 Å². The van der Waals surface area contributed by atoms with Gasteiger partial charge in [-0.25, -0.2) is 8.78 Å². The van der Waals surface area contributed by atoms with E-state index >= 15 is 0 Å². The fraction of sp³-hybridized carbons (Fsp3) is 0.750. The van der Waals surface area contributed by atoms with Gasteiger partial charge < -0.3 is 10.2 Å². The highest BCUT2D eigenvalue weighted by atomic mass is 19.3. The summed E-state index contributed by atoms with van der Waals surface area (Å²) in [7, 11) is 0. The first-order valence-electron chi connectivity index (χ1n) is 8.80. The Labute approximate surface area is 149 Å². The second-order valence-corrected chi connectivity index (χ2v) is 6.81. The third-order valence-corrected chi connectivity index (χ3v) is 4.89. The van der Waals surface area contributed by atoms with Crippen LogP contribution in [0.4, 0.5) is 17.6 Å². The van der Waals surface area contributed by atoms with Crippen molar-refractivity contribution in [1.29, 1.82) is 0 Å². The fourth-order valence-corrected chi connectivity index (χ4v) is 3.35. The SMILES string of the molecule is O=C(c1ccn(C2CCCNC2)n1)N1CCN(CC(F)(F)C(F)F)CC1. The Morgan fingerprint density at radius 1 is 1.31 bits per heavy atom. The molecule has 146 valence electrons. The van der Waals surface area contributed by atoms with E-state index in [0.29, 0.717) is 5.69 Å². The highest BCUT2D eigenvalue weighted by molar-refractivity contribution is 5.92. The van der Waals surface area contributed by atoms with Crippen molar-refractivity contribution in [3.05, 3.63) is 18.0 Å². The monoisotopic (exact) mass is 377 g/mol. The number of carbonyl (C=O) groups is 1. The van der Waals surface area contributed by atoms with E-state index in [9.17, 15) is 22.4 Å². The molecule has 0 radical (unpaired) electrons. The van der Waals surface area contributed by atoms with E-state index in [2.05, 4.69) is 10.4 Å². The van der Waals surface area contributed by atoms with Crippen molar-refractivity contribution >= 4 is 5.91 Å². The molecule has 0 aromatic carbocycles. The molecule has 1 aromatic heterocycles. The third-order valence-electron chi connectivity index (χ3n) is 4.89. The van der Waals surface area contributed by atoms with Gasteiger partial charge in [0.05, 0.1) is 12.6 Å². The lowest BCUT2D eigenvalue weighted by Gasteiger charge is -2.35. The molecule has 2 fully saturated rings. The molecular weight excluding hydrogens is 354 g/mol. The molecule has 0 bridgehead atoms. The van der Waals surface area contributed by atoms with Crippen molar-refractivity contribution in [2.45, 2.75) is 31.2 Å². The third kappa shape index (κ3) is 4.35. The number of nitrogens with zero attached hydrogens (tertiary/aromatic N) is 4. The summed E-state index contributed by atoms with van der Waals surface area (Å²) < 4.78 is 52.7. The second-order valence-electron chi connectivity index (χ2n) is 6.81. The number of halogens is 4. The maximum absolute atomic E-state index is 13.1. The van der Waals surface area contributed by atoms with E-state index in [-0.39, 0.29) is 38.1 Å². The van der Waals surface area contributed by atoms with Gasteiger partial charge in [-0.3, -0.25) is 14.4 Å². The lowest BCUT2D eigenvalue weighted by molar-refractivity contribution is -0.144. The van der Waals surface area contributed by atoms with E-state index in [0.717, 1.165) is 25.9 Å². The number of carbonyl (C=O) groups excluding carboxylic acids is 1. The Kier molecular flexibility index (Phi) is 5.81. The largest absolute Gasteiger partial charge is 0.335 e. The zero-order valence-corrected chi connectivity index (χ0v) is 14.4. The minimum absolute atomic E-state index is 0.140. The Morgan fingerprint density at radius 3 is 2.65 bits per heavy atom. The molecule has 1 amide bonds. The Balaban J connectivity index is 1.53. The van der Waals surface area contributed by atoms with Gasteiger partial charge in [-0.1, -0.05) is 0 Å². The van der Waals surface area contributed by atoms with Crippen LogP contribution in [-0.2, 0) is 0 Å². The first-order valence-corrected chi connectivity index (χ1v) is 8.80. The van der Waals surface area contributed by atoms with Crippen molar-refractivity contribution < 1.29 is 22.4 Å². The number of amides is 1. The van der Waals surface area contributed by atoms with E-state index in [1.165, 1.54) is 9.80 Å². The van der Waals surface area contributed by atoms with Gasteiger partial charge in [0, 0.05) is 38.9 Å². The highest BCUT2D eigenvalue weighted by Crippen LogP contribution is 2.24. The molecule has 10 heteroatoms. The molecule has 2 saturated heterocycles. The van der Waals surface area contributed by atoms with Gasteiger partial charge in [0.15, 0.2) is 0 Å². The topological polar surface area (TPSA) is 53.4 Å². The van der Waals surface area contributed by atoms with E-state index in [1.807, 2.05) is 0 Å². The van der Waals surface area contributed by atoms with Gasteiger partial charge in [-0.05, 0) is 25.5 Å². The minimum atomic E-state index is -4.03. The Morgan fingerprint density at radius 2 is 2.04 bits per heavy atom. The summed E-state index contributed by atoms with van der Waals surface area (Å²) in [5, 5.41) is 7.65. The normalized spacial score (nSPS) is 22.8. The van der Waals surface area contributed by atoms with Crippen LogP contribution in [0.3, 0.4) is 0 Å². The molecule has 2 aliphatic heterocycles. The van der Waals surface area contributed by atoms with Crippen molar-refractivity contribution in [3.63, 3.8) is 0 Å². The van der Waals surface area contributed by atoms with Crippen LogP contribution in [0.15, 0.2) is 12.3 Å². The standard InChI is InChI=1S/C16H23F4N5O/c17-15(18)16(19,20)11-23-6-8-24(9-7-23)14(26)13-3-5-25(22-13)12-2-1-4-21-10-12/h3,5,12,15,21H,1-2,4,6-11H2. The summed E-state index contributed by atoms with van der Waals surface area (Å²) in [6.45, 7) is 1.52. The first-order chi connectivity index (χ1) is 12.4. The van der Waals surface area contributed by atoms with Crippen LogP contribution in [-0.4, -0.2) is 83.6 Å². The average Bonchev–Trinajstić information content (AvgIpc) is 3.12. The number of aromatic nitrogens is 2. The van der Waals surface area contributed by atoms with Crippen molar-refractivity contribution in [3.8, 4) is 0 Å². The molecule has 1 aromatic rings. The number of hydrogen-bond donors (Lipinski definition) is 1. The molecule has 2 aliphatic rings. The lowest BCUT2D eigenvalue weighted by atomic mass is 10.1. The van der Waals surface area contributed by atoms with Crippen LogP contribution < -0.4 is 5.32 Å². The number of piperazine rings is 1. The summed E-state index contributed by atoms with van der Waals surface area (Å²) in [6, 6.07) is 1.88. The Hall–Kier alpha value is -1.68. The Bertz CT molecular complexity index is 610. The summed E-state index contributed by atoms with van der Waals surface area (Å²) in [6.07, 6.45) is 0.156. The van der Waals surface area contributed by atoms with Crippen LogP contribution >= 0.6 is 0 Å². The molecule has 26 heavy (non-hydrogen) atoms.